The van der Waals surface area contributed by atoms with Crippen LogP contribution in [0.25, 0.3) is 0 Å². The molecule has 0 spiro atoms. The molecule has 0 unspecified atom stereocenters. The smallest absolute Gasteiger partial charge is 0.188 e. The Bertz CT molecular complexity index is 676. The van der Waals surface area contributed by atoms with Gasteiger partial charge in [0.2, 0.25) is 0 Å². The Morgan fingerprint density at radius 2 is 2.04 bits per heavy atom. The molecule has 24 heavy (non-hydrogen) atoms. The molecule has 1 aromatic carbocycles. The van der Waals surface area contributed by atoms with Gasteiger partial charge in [-0.2, -0.15) is 0 Å². The number of benzene rings is 1. The molecule has 2 aromatic rings. The number of aliphatic imine (C=N–C) groups is 1. The SMILES string of the molecule is COc1ccc(CN=C(N)NCCc2ncc(C)s2)cc1OC.I. The molecule has 8 heteroatoms. The van der Waals surface area contributed by atoms with E-state index in [1.165, 1.54) is 4.88 Å². The van der Waals surface area contributed by atoms with Gasteiger partial charge >= 0.3 is 0 Å². The van der Waals surface area contributed by atoms with Crippen molar-refractivity contribution in [2.45, 2.75) is 19.9 Å². The molecule has 0 radical (unpaired) electrons. The maximum atomic E-state index is 5.88. The minimum atomic E-state index is 0. The van der Waals surface area contributed by atoms with Crippen LogP contribution in [0.3, 0.4) is 0 Å². The van der Waals surface area contributed by atoms with E-state index in [1.807, 2.05) is 31.3 Å². The number of thiazole rings is 1. The number of nitrogens with two attached hydrogens (primary N) is 1. The third kappa shape index (κ3) is 6.16. The highest BCUT2D eigenvalue weighted by atomic mass is 127. The van der Waals surface area contributed by atoms with Gasteiger partial charge in [0.15, 0.2) is 17.5 Å². The first-order valence-electron chi connectivity index (χ1n) is 7.28. The van der Waals surface area contributed by atoms with Crippen LogP contribution in [0.5, 0.6) is 11.5 Å². The Morgan fingerprint density at radius 1 is 1.29 bits per heavy atom. The van der Waals surface area contributed by atoms with Crippen LogP contribution in [0.15, 0.2) is 29.4 Å². The molecular weight excluding hydrogens is 439 g/mol. The fraction of sp³-hybridized carbons (Fsp3) is 0.375. The number of methoxy groups -OCH3 is 2. The number of aromatic nitrogens is 1. The summed E-state index contributed by atoms with van der Waals surface area (Å²) in [6.45, 7) is 3.25. The van der Waals surface area contributed by atoms with Crippen molar-refractivity contribution < 1.29 is 9.47 Å². The van der Waals surface area contributed by atoms with Gasteiger partial charge in [0.1, 0.15) is 0 Å². The van der Waals surface area contributed by atoms with Crippen LogP contribution in [0.4, 0.5) is 0 Å². The second-order valence-electron chi connectivity index (χ2n) is 4.93. The van der Waals surface area contributed by atoms with E-state index < -0.39 is 0 Å². The summed E-state index contributed by atoms with van der Waals surface area (Å²) in [7, 11) is 3.22. The third-order valence-corrected chi connectivity index (χ3v) is 4.17. The Hall–Kier alpha value is -1.55. The quantitative estimate of drug-likeness (QED) is 0.376. The monoisotopic (exact) mass is 462 g/mol. The van der Waals surface area contributed by atoms with Gasteiger partial charge in [-0.05, 0) is 24.6 Å². The number of hydrogen-bond acceptors (Lipinski definition) is 5. The predicted molar refractivity (Wildman–Crippen MR) is 109 cm³/mol. The Balaban J connectivity index is 0.00000288. The van der Waals surface area contributed by atoms with Crippen LogP contribution in [0.2, 0.25) is 0 Å². The predicted octanol–water partition coefficient (Wildman–Crippen LogP) is 2.73. The summed E-state index contributed by atoms with van der Waals surface area (Å²) in [5, 5.41) is 4.20. The van der Waals surface area contributed by atoms with Crippen LogP contribution >= 0.6 is 35.3 Å². The normalized spacial score (nSPS) is 10.9. The first-order valence-corrected chi connectivity index (χ1v) is 8.10. The lowest BCUT2D eigenvalue weighted by Crippen LogP contribution is -2.33. The molecule has 0 saturated heterocycles. The summed E-state index contributed by atoms with van der Waals surface area (Å²) in [4.78, 5) is 9.86. The molecule has 0 atom stereocenters. The number of rotatable bonds is 7. The number of nitrogens with one attached hydrogen (secondary N) is 1. The van der Waals surface area contributed by atoms with E-state index in [4.69, 9.17) is 15.2 Å². The van der Waals surface area contributed by atoms with Crippen molar-refractivity contribution >= 4 is 41.3 Å². The highest BCUT2D eigenvalue weighted by molar-refractivity contribution is 14.0. The number of guanidine groups is 1. The lowest BCUT2D eigenvalue weighted by molar-refractivity contribution is 0.354. The van der Waals surface area contributed by atoms with Crippen molar-refractivity contribution in [3.63, 3.8) is 0 Å². The minimum Gasteiger partial charge on any atom is -0.493 e. The number of aryl methyl sites for hydroxylation is 1. The summed E-state index contributed by atoms with van der Waals surface area (Å²) < 4.78 is 10.5. The lowest BCUT2D eigenvalue weighted by Gasteiger charge is -2.09. The van der Waals surface area contributed by atoms with Gasteiger partial charge in [0.25, 0.3) is 0 Å². The molecule has 3 N–H and O–H groups in total. The zero-order chi connectivity index (χ0) is 16.7. The zero-order valence-corrected chi connectivity index (χ0v) is 17.2. The number of hydrogen-bond donors (Lipinski definition) is 2. The second kappa shape index (κ2) is 10.3. The third-order valence-electron chi connectivity index (χ3n) is 3.19. The van der Waals surface area contributed by atoms with Crippen molar-refractivity contribution in [2.24, 2.45) is 10.7 Å². The maximum absolute atomic E-state index is 5.88. The molecule has 0 aliphatic rings. The molecular formula is C16H23IN4O2S. The fourth-order valence-electron chi connectivity index (χ4n) is 2.03. The van der Waals surface area contributed by atoms with Crippen LogP contribution < -0.4 is 20.5 Å². The van der Waals surface area contributed by atoms with Crippen LogP contribution in [-0.4, -0.2) is 31.7 Å². The fourth-order valence-corrected chi connectivity index (χ4v) is 2.81. The standard InChI is InChI=1S/C16H22N4O2S.HI/c1-11-9-19-15(23-11)6-7-18-16(17)20-10-12-4-5-13(21-2)14(8-12)22-3;/h4-5,8-9H,6-7,10H2,1-3H3,(H3,17,18,20);1H. The summed E-state index contributed by atoms with van der Waals surface area (Å²) >= 11 is 1.70. The Morgan fingerprint density at radius 3 is 2.67 bits per heavy atom. The van der Waals surface area contributed by atoms with Crippen molar-refractivity contribution in [3.05, 3.63) is 39.8 Å². The van der Waals surface area contributed by atoms with E-state index in [0.29, 0.717) is 30.5 Å². The highest BCUT2D eigenvalue weighted by Gasteiger charge is 2.04. The van der Waals surface area contributed by atoms with Gasteiger partial charge in [0, 0.05) is 24.0 Å². The summed E-state index contributed by atoms with van der Waals surface area (Å²) in [6.07, 6.45) is 2.72. The summed E-state index contributed by atoms with van der Waals surface area (Å²) in [5.41, 5.74) is 6.89. The summed E-state index contributed by atoms with van der Waals surface area (Å²) in [6, 6.07) is 5.70. The van der Waals surface area contributed by atoms with E-state index in [0.717, 1.165) is 17.0 Å². The van der Waals surface area contributed by atoms with Gasteiger partial charge in [0.05, 0.1) is 25.8 Å². The van der Waals surface area contributed by atoms with E-state index in [2.05, 4.69) is 15.3 Å². The molecule has 0 bridgehead atoms. The highest BCUT2D eigenvalue weighted by Crippen LogP contribution is 2.27. The Labute approximate surface area is 163 Å². The average molecular weight is 462 g/mol. The van der Waals surface area contributed by atoms with Crippen molar-refractivity contribution in [1.82, 2.24) is 10.3 Å². The average Bonchev–Trinajstić information content (AvgIpc) is 2.98. The van der Waals surface area contributed by atoms with Gasteiger partial charge in [-0.1, -0.05) is 6.07 Å². The van der Waals surface area contributed by atoms with Crippen LogP contribution in [0, 0.1) is 6.92 Å². The van der Waals surface area contributed by atoms with Gasteiger partial charge in [-0.3, -0.25) is 0 Å². The topological polar surface area (TPSA) is 81.8 Å². The number of nitrogens with zero attached hydrogens (tertiary/aromatic N) is 2. The molecule has 1 aromatic heterocycles. The molecule has 0 amide bonds. The maximum Gasteiger partial charge on any atom is 0.188 e. The van der Waals surface area contributed by atoms with E-state index in [1.54, 1.807) is 25.6 Å². The molecule has 0 fully saturated rings. The second-order valence-corrected chi connectivity index (χ2v) is 6.25. The Kier molecular flexibility index (Phi) is 8.83. The van der Waals surface area contributed by atoms with E-state index >= 15 is 0 Å². The van der Waals surface area contributed by atoms with Gasteiger partial charge < -0.3 is 20.5 Å². The van der Waals surface area contributed by atoms with E-state index in [9.17, 15) is 0 Å². The minimum absolute atomic E-state index is 0. The summed E-state index contributed by atoms with van der Waals surface area (Å²) in [5.74, 6) is 1.81. The first kappa shape index (κ1) is 20.5. The van der Waals surface area contributed by atoms with E-state index in [-0.39, 0.29) is 24.0 Å². The molecule has 132 valence electrons. The van der Waals surface area contributed by atoms with Crippen molar-refractivity contribution in [1.29, 1.82) is 0 Å². The van der Waals surface area contributed by atoms with Crippen LogP contribution in [0.1, 0.15) is 15.4 Å². The molecule has 0 aliphatic heterocycles. The largest absolute Gasteiger partial charge is 0.493 e. The lowest BCUT2D eigenvalue weighted by atomic mass is 10.2. The molecule has 0 saturated carbocycles. The number of ether oxygens (including phenoxy) is 2. The zero-order valence-electron chi connectivity index (χ0n) is 14.0. The number of halogens is 1. The van der Waals surface area contributed by atoms with Gasteiger partial charge in [-0.15, -0.1) is 35.3 Å². The van der Waals surface area contributed by atoms with Crippen LogP contribution in [-0.2, 0) is 13.0 Å². The molecule has 0 aliphatic carbocycles. The first-order chi connectivity index (χ1) is 11.1. The molecule has 1 heterocycles. The van der Waals surface area contributed by atoms with Gasteiger partial charge in [-0.25, -0.2) is 9.98 Å². The molecule has 2 rings (SSSR count). The van der Waals surface area contributed by atoms with Crippen molar-refractivity contribution in [3.8, 4) is 11.5 Å². The van der Waals surface area contributed by atoms with Crippen molar-refractivity contribution in [2.75, 3.05) is 20.8 Å². The molecule has 6 nitrogen and oxygen atoms in total.